The summed E-state index contributed by atoms with van der Waals surface area (Å²) in [6.07, 6.45) is 3.35. The van der Waals surface area contributed by atoms with E-state index >= 15 is 0 Å². The first-order chi connectivity index (χ1) is 14.0. The van der Waals surface area contributed by atoms with Crippen molar-refractivity contribution in [2.24, 2.45) is 0 Å². The average Bonchev–Trinajstić information content (AvgIpc) is 2.97. The Hall–Kier alpha value is -2.39. The second-order valence-corrected chi connectivity index (χ2v) is 8.31. The molecule has 0 unspecified atom stereocenters. The van der Waals surface area contributed by atoms with E-state index in [0.29, 0.717) is 24.5 Å². The van der Waals surface area contributed by atoms with Gasteiger partial charge in [0.05, 0.1) is 25.3 Å². The second-order valence-electron chi connectivity index (χ2n) is 7.16. The monoisotopic (exact) mass is 420 g/mol. The summed E-state index contributed by atoms with van der Waals surface area (Å²) in [5.74, 6) is -1.06. The molecule has 1 aromatic rings. The standard InChI is InChI=1S/C20H25N3O5S/c1-2-28-19(26)14-6-8-15(9-7-14)21-17(24)12-16-18(25)23(20(27)29-16)13-22-10-4-3-5-11-22/h6-9,16H,2-5,10-13H2,1H3,(H,21,24)/p+1/t16-/m1/s1. The van der Waals surface area contributed by atoms with Crippen LogP contribution in [0.25, 0.3) is 0 Å². The molecular weight excluding hydrogens is 394 g/mol. The summed E-state index contributed by atoms with van der Waals surface area (Å²) in [6.45, 7) is 4.34. The van der Waals surface area contributed by atoms with Gasteiger partial charge in [0.15, 0.2) is 6.67 Å². The van der Waals surface area contributed by atoms with Crippen molar-refractivity contribution in [1.29, 1.82) is 0 Å². The van der Waals surface area contributed by atoms with E-state index in [4.69, 9.17) is 4.74 Å². The third-order valence-corrected chi connectivity index (χ3v) is 6.07. The lowest BCUT2D eigenvalue weighted by molar-refractivity contribution is -0.912. The zero-order valence-electron chi connectivity index (χ0n) is 16.4. The number of piperidine rings is 1. The van der Waals surface area contributed by atoms with Crippen LogP contribution in [0.4, 0.5) is 10.5 Å². The number of imide groups is 1. The number of thioether (sulfide) groups is 1. The summed E-state index contributed by atoms with van der Waals surface area (Å²) in [5, 5.41) is 1.74. The molecule has 2 fully saturated rings. The summed E-state index contributed by atoms with van der Waals surface area (Å²) in [6, 6.07) is 6.33. The van der Waals surface area contributed by atoms with Crippen molar-refractivity contribution < 1.29 is 28.8 Å². The SMILES string of the molecule is CCOC(=O)c1ccc(NC(=O)C[C@H]2SC(=O)N(C[NH+]3CCCCC3)C2=O)cc1. The zero-order valence-corrected chi connectivity index (χ0v) is 17.3. The van der Waals surface area contributed by atoms with Crippen molar-refractivity contribution in [3.63, 3.8) is 0 Å². The molecule has 156 valence electrons. The Morgan fingerprint density at radius 3 is 2.52 bits per heavy atom. The molecule has 0 aromatic heterocycles. The summed E-state index contributed by atoms with van der Waals surface area (Å²) in [7, 11) is 0. The van der Waals surface area contributed by atoms with Crippen LogP contribution >= 0.6 is 11.8 Å². The van der Waals surface area contributed by atoms with Crippen LogP contribution in [-0.2, 0) is 14.3 Å². The number of ether oxygens (including phenoxy) is 1. The Morgan fingerprint density at radius 1 is 1.17 bits per heavy atom. The van der Waals surface area contributed by atoms with Crippen molar-refractivity contribution in [2.45, 2.75) is 37.9 Å². The predicted molar refractivity (Wildman–Crippen MR) is 109 cm³/mol. The van der Waals surface area contributed by atoms with Gasteiger partial charge in [-0.15, -0.1) is 0 Å². The third-order valence-electron chi connectivity index (χ3n) is 5.00. The molecule has 29 heavy (non-hydrogen) atoms. The summed E-state index contributed by atoms with van der Waals surface area (Å²) < 4.78 is 4.92. The molecule has 2 saturated heterocycles. The number of likely N-dealkylation sites (tertiary alicyclic amines) is 1. The number of nitrogens with one attached hydrogen (secondary N) is 2. The normalized spacial score (nSPS) is 20.0. The van der Waals surface area contributed by atoms with Gasteiger partial charge in [-0.1, -0.05) is 11.8 Å². The Morgan fingerprint density at radius 2 is 1.86 bits per heavy atom. The van der Waals surface area contributed by atoms with Crippen LogP contribution in [0.15, 0.2) is 24.3 Å². The van der Waals surface area contributed by atoms with Crippen molar-refractivity contribution in [1.82, 2.24) is 4.90 Å². The lowest BCUT2D eigenvalue weighted by Gasteiger charge is -2.26. The first kappa shape index (κ1) is 21.3. The number of carbonyl (C=O) groups is 4. The smallest absolute Gasteiger partial charge is 0.338 e. The highest BCUT2D eigenvalue weighted by Gasteiger charge is 2.42. The predicted octanol–water partition coefficient (Wildman–Crippen LogP) is 1.28. The van der Waals surface area contributed by atoms with Gasteiger partial charge in [-0.25, -0.2) is 9.69 Å². The van der Waals surface area contributed by atoms with Gasteiger partial charge in [-0.3, -0.25) is 14.4 Å². The molecule has 2 aliphatic rings. The third kappa shape index (κ3) is 5.57. The molecule has 0 aliphatic carbocycles. The molecule has 9 heteroatoms. The molecule has 8 nitrogen and oxygen atoms in total. The minimum Gasteiger partial charge on any atom is -0.462 e. The van der Waals surface area contributed by atoms with Crippen LogP contribution in [0.3, 0.4) is 0 Å². The van der Waals surface area contributed by atoms with E-state index in [1.165, 1.54) is 16.2 Å². The molecule has 2 N–H and O–H groups in total. The summed E-state index contributed by atoms with van der Waals surface area (Å²) >= 11 is 0.923. The molecule has 0 saturated carbocycles. The number of anilines is 1. The molecule has 0 spiro atoms. The van der Waals surface area contributed by atoms with Crippen LogP contribution in [0, 0.1) is 0 Å². The number of benzene rings is 1. The molecule has 0 radical (unpaired) electrons. The van der Waals surface area contributed by atoms with Gasteiger partial charge in [-0.2, -0.15) is 0 Å². The van der Waals surface area contributed by atoms with E-state index < -0.39 is 11.2 Å². The quantitative estimate of drug-likeness (QED) is 0.645. The molecule has 2 heterocycles. The molecule has 1 aromatic carbocycles. The number of rotatable bonds is 7. The van der Waals surface area contributed by atoms with Gasteiger partial charge in [0, 0.05) is 12.1 Å². The number of esters is 1. The van der Waals surface area contributed by atoms with E-state index in [2.05, 4.69) is 5.32 Å². The minimum atomic E-state index is -0.689. The van der Waals surface area contributed by atoms with Gasteiger partial charge in [0.1, 0.15) is 5.25 Å². The maximum Gasteiger partial charge on any atom is 0.338 e. The van der Waals surface area contributed by atoms with Crippen LogP contribution in [0.1, 0.15) is 43.0 Å². The van der Waals surface area contributed by atoms with E-state index in [1.807, 2.05) is 0 Å². The Bertz CT molecular complexity index is 777. The first-order valence-electron chi connectivity index (χ1n) is 9.90. The maximum absolute atomic E-state index is 12.6. The number of quaternary nitrogens is 1. The highest BCUT2D eigenvalue weighted by Crippen LogP contribution is 2.28. The summed E-state index contributed by atoms with van der Waals surface area (Å²) in [4.78, 5) is 51.4. The lowest BCUT2D eigenvalue weighted by Crippen LogP contribution is -3.14. The molecule has 0 bridgehead atoms. The minimum absolute atomic E-state index is 0.0687. The maximum atomic E-state index is 12.6. The average molecular weight is 421 g/mol. The first-order valence-corrected chi connectivity index (χ1v) is 10.8. The van der Waals surface area contributed by atoms with Crippen LogP contribution in [-0.4, -0.2) is 59.5 Å². The Kier molecular flexibility index (Phi) is 7.27. The van der Waals surface area contributed by atoms with E-state index in [0.717, 1.165) is 37.7 Å². The summed E-state index contributed by atoms with van der Waals surface area (Å²) in [5.41, 5.74) is 0.910. The highest BCUT2D eigenvalue weighted by atomic mass is 32.2. The lowest BCUT2D eigenvalue weighted by atomic mass is 10.1. The number of nitrogens with zero attached hydrogens (tertiary/aromatic N) is 1. The van der Waals surface area contributed by atoms with Crippen molar-refractivity contribution in [3.8, 4) is 0 Å². The van der Waals surface area contributed by atoms with Gasteiger partial charge >= 0.3 is 5.97 Å². The number of hydrogen-bond acceptors (Lipinski definition) is 6. The molecule has 2 aliphatic heterocycles. The Balaban J connectivity index is 1.51. The van der Waals surface area contributed by atoms with Gasteiger partial charge in [0.2, 0.25) is 11.8 Å². The van der Waals surface area contributed by atoms with Crippen LogP contribution < -0.4 is 10.2 Å². The Labute approximate surface area is 173 Å². The fraction of sp³-hybridized carbons (Fsp3) is 0.500. The number of hydrogen-bond donors (Lipinski definition) is 2. The van der Waals surface area contributed by atoms with Crippen molar-refractivity contribution in [2.75, 3.05) is 31.7 Å². The molecule has 3 rings (SSSR count). The van der Waals surface area contributed by atoms with Crippen LogP contribution in [0.5, 0.6) is 0 Å². The van der Waals surface area contributed by atoms with E-state index in [1.54, 1.807) is 31.2 Å². The molecule has 1 atom stereocenters. The van der Waals surface area contributed by atoms with Gasteiger partial charge in [-0.05, 0) is 50.5 Å². The van der Waals surface area contributed by atoms with Crippen molar-refractivity contribution >= 4 is 40.5 Å². The van der Waals surface area contributed by atoms with Crippen molar-refractivity contribution in [3.05, 3.63) is 29.8 Å². The second kappa shape index (κ2) is 9.89. The van der Waals surface area contributed by atoms with Crippen LogP contribution in [0.2, 0.25) is 0 Å². The molecular formula is C20H26N3O5S+. The van der Waals surface area contributed by atoms with Gasteiger partial charge in [0.25, 0.3) is 5.24 Å². The zero-order chi connectivity index (χ0) is 20.8. The van der Waals surface area contributed by atoms with Gasteiger partial charge < -0.3 is 15.0 Å². The van der Waals surface area contributed by atoms with E-state index in [9.17, 15) is 19.2 Å². The topological polar surface area (TPSA) is 97.2 Å². The fourth-order valence-corrected chi connectivity index (χ4v) is 4.48. The fourth-order valence-electron chi connectivity index (χ4n) is 3.49. The molecule has 3 amide bonds. The largest absolute Gasteiger partial charge is 0.462 e. The number of amides is 3. The number of carbonyl (C=O) groups excluding carboxylic acids is 4. The highest BCUT2D eigenvalue weighted by molar-refractivity contribution is 8.15. The van der Waals surface area contributed by atoms with E-state index in [-0.39, 0.29) is 23.5 Å².